The van der Waals surface area contributed by atoms with Gasteiger partial charge in [0.2, 0.25) is 5.91 Å². The molecule has 5 rings (SSSR count). The predicted molar refractivity (Wildman–Crippen MR) is 176 cm³/mol. The molecule has 0 aromatic heterocycles. The van der Waals surface area contributed by atoms with Gasteiger partial charge in [-0.05, 0) is 57.3 Å². The molecule has 7 heteroatoms. The first-order valence-corrected chi connectivity index (χ1v) is 14.6. The molecule has 0 heterocycles. The Balaban J connectivity index is 1.47. The maximum atomic E-state index is 13.5. The lowest BCUT2D eigenvalue weighted by Crippen LogP contribution is -2.30. The van der Waals surface area contributed by atoms with Gasteiger partial charge in [0.05, 0.1) is 24.6 Å². The van der Waals surface area contributed by atoms with Crippen LogP contribution in [-0.4, -0.2) is 25.1 Å². The molecule has 0 aliphatic rings. The van der Waals surface area contributed by atoms with E-state index in [9.17, 15) is 14.4 Å². The zero-order valence-corrected chi connectivity index (χ0v) is 25.1. The van der Waals surface area contributed by atoms with E-state index in [1.165, 1.54) is 7.11 Å². The van der Waals surface area contributed by atoms with Gasteiger partial charge in [0.1, 0.15) is 6.61 Å². The summed E-state index contributed by atoms with van der Waals surface area (Å²) in [6, 6.07) is 38.8. The third-order valence-electron chi connectivity index (χ3n) is 7.42. The molecule has 2 atom stereocenters. The normalized spacial score (nSPS) is 12.5. The molecule has 0 spiro atoms. The highest BCUT2D eigenvalue weighted by atomic mass is 16.5. The van der Waals surface area contributed by atoms with Gasteiger partial charge in [0, 0.05) is 5.69 Å². The van der Waals surface area contributed by atoms with Crippen LogP contribution in [-0.2, 0) is 20.9 Å². The van der Waals surface area contributed by atoms with E-state index in [-0.39, 0.29) is 12.5 Å². The van der Waals surface area contributed by atoms with E-state index in [2.05, 4.69) is 10.6 Å². The van der Waals surface area contributed by atoms with Crippen molar-refractivity contribution in [2.75, 3.05) is 12.4 Å². The van der Waals surface area contributed by atoms with E-state index in [0.29, 0.717) is 22.4 Å². The Kier molecular flexibility index (Phi) is 10.0. The van der Waals surface area contributed by atoms with Crippen LogP contribution in [0.15, 0.2) is 133 Å². The van der Waals surface area contributed by atoms with Crippen molar-refractivity contribution in [2.45, 2.75) is 19.6 Å². The molecular formula is C38H34N2O5. The summed E-state index contributed by atoms with van der Waals surface area (Å²) in [6.07, 6.45) is 1.22. The molecule has 0 saturated heterocycles. The molecule has 0 radical (unpaired) electrons. The molecule has 0 fully saturated rings. The summed E-state index contributed by atoms with van der Waals surface area (Å²) >= 11 is 0. The second-order valence-corrected chi connectivity index (χ2v) is 10.6. The molecule has 0 unspecified atom stereocenters. The van der Waals surface area contributed by atoms with Crippen molar-refractivity contribution in [1.29, 1.82) is 0 Å². The van der Waals surface area contributed by atoms with E-state index in [1.807, 2.05) is 116 Å². The van der Waals surface area contributed by atoms with Crippen LogP contribution in [0.25, 0.3) is 16.3 Å². The Hall–Kier alpha value is -5.69. The maximum absolute atomic E-state index is 13.5. The third kappa shape index (κ3) is 8.03. The van der Waals surface area contributed by atoms with Crippen LogP contribution in [0.2, 0.25) is 0 Å². The van der Waals surface area contributed by atoms with Crippen molar-refractivity contribution in [2.24, 2.45) is 5.92 Å². The topological polar surface area (TPSA) is 93.7 Å². The molecule has 7 nitrogen and oxygen atoms in total. The number of rotatable bonds is 10. The van der Waals surface area contributed by atoms with Crippen LogP contribution < -0.4 is 10.6 Å². The third-order valence-corrected chi connectivity index (χ3v) is 7.42. The first-order chi connectivity index (χ1) is 21.9. The van der Waals surface area contributed by atoms with Crippen molar-refractivity contribution in [3.8, 4) is 0 Å². The quantitative estimate of drug-likeness (QED) is 0.159. The van der Waals surface area contributed by atoms with E-state index < -0.39 is 24.0 Å². The highest BCUT2D eigenvalue weighted by Crippen LogP contribution is 2.32. The van der Waals surface area contributed by atoms with Gasteiger partial charge >= 0.3 is 12.1 Å². The average molecular weight is 599 g/mol. The molecule has 5 aromatic rings. The van der Waals surface area contributed by atoms with Gasteiger partial charge in [-0.2, -0.15) is 0 Å². The van der Waals surface area contributed by atoms with E-state index in [4.69, 9.17) is 9.47 Å². The van der Waals surface area contributed by atoms with Crippen molar-refractivity contribution in [3.63, 3.8) is 0 Å². The molecule has 2 amide bonds. The number of methoxy groups -OCH3 is 1. The number of hydrogen-bond donors (Lipinski definition) is 2. The first kappa shape index (κ1) is 30.8. The fourth-order valence-corrected chi connectivity index (χ4v) is 5.01. The summed E-state index contributed by atoms with van der Waals surface area (Å²) in [5.74, 6) is -1.25. The van der Waals surface area contributed by atoms with Crippen molar-refractivity contribution >= 4 is 40.0 Å². The molecule has 0 bridgehead atoms. The standard InChI is InChI=1S/C38H34N2O5/c1-26(36(41)39-33-22-21-28-13-9-10-16-32(28)24-33)23-34(29-14-7-4-8-15-29)35(30-17-19-31(20-18-30)37(42)44-2)40-38(43)45-25-27-11-5-3-6-12-27/h3-24,26,35H,25H2,1-2H3,(H,39,41)(H,40,43)/b34-23-/t26-,35-/m1/s1. The summed E-state index contributed by atoms with van der Waals surface area (Å²) in [7, 11) is 1.32. The molecule has 0 saturated carbocycles. The van der Waals surface area contributed by atoms with Crippen LogP contribution in [0.3, 0.4) is 0 Å². The average Bonchev–Trinajstić information content (AvgIpc) is 3.09. The SMILES string of the molecule is COC(=O)c1ccc([C@@H](NC(=O)OCc2ccccc2)/C(=C\[C@@H](C)C(=O)Nc2ccc3ccccc3c2)c2ccccc2)cc1. The Morgan fingerprint density at radius 3 is 2.07 bits per heavy atom. The number of amides is 2. The van der Waals surface area contributed by atoms with Crippen molar-refractivity contribution in [3.05, 3.63) is 156 Å². The maximum Gasteiger partial charge on any atom is 0.408 e. The number of alkyl carbamates (subject to hydrolysis) is 1. The minimum atomic E-state index is -0.710. The summed E-state index contributed by atoms with van der Waals surface area (Å²) in [5, 5.41) is 8.14. The fraction of sp³-hybridized carbons (Fsp3) is 0.132. The number of nitrogens with one attached hydrogen (secondary N) is 2. The highest BCUT2D eigenvalue weighted by Gasteiger charge is 2.24. The van der Waals surface area contributed by atoms with Crippen LogP contribution in [0.4, 0.5) is 10.5 Å². The summed E-state index contributed by atoms with van der Waals surface area (Å²) in [6.45, 7) is 1.90. The monoisotopic (exact) mass is 598 g/mol. The van der Waals surface area contributed by atoms with E-state index >= 15 is 0 Å². The van der Waals surface area contributed by atoms with E-state index in [1.54, 1.807) is 24.3 Å². The smallest absolute Gasteiger partial charge is 0.408 e. The van der Waals surface area contributed by atoms with E-state index in [0.717, 1.165) is 21.9 Å². The fourth-order valence-electron chi connectivity index (χ4n) is 5.01. The van der Waals surface area contributed by atoms with Gasteiger partial charge in [0.15, 0.2) is 0 Å². The lowest BCUT2D eigenvalue weighted by atomic mass is 9.89. The number of esters is 1. The summed E-state index contributed by atoms with van der Waals surface area (Å²) < 4.78 is 10.4. The molecule has 0 aliphatic heterocycles. The first-order valence-electron chi connectivity index (χ1n) is 14.6. The Morgan fingerprint density at radius 2 is 1.38 bits per heavy atom. The predicted octanol–water partition coefficient (Wildman–Crippen LogP) is 7.95. The van der Waals surface area contributed by atoms with Crippen LogP contribution >= 0.6 is 0 Å². The minimum absolute atomic E-state index is 0.0929. The van der Waals surface area contributed by atoms with Gasteiger partial charge in [-0.25, -0.2) is 9.59 Å². The lowest BCUT2D eigenvalue weighted by molar-refractivity contribution is -0.118. The number of benzene rings is 5. The van der Waals surface area contributed by atoms with Gasteiger partial charge in [-0.1, -0.05) is 116 Å². The summed E-state index contributed by atoms with van der Waals surface area (Å²) in [5.41, 5.74) is 4.12. The van der Waals surface area contributed by atoms with Crippen molar-refractivity contribution in [1.82, 2.24) is 5.32 Å². The number of carbonyl (C=O) groups is 3. The number of carbonyl (C=O) groups excluding carboxylic acids is 3. The largest absolute Gasteiger partial charge is 0.465 e. The van der Waals surface area contributed by atoms with Crippen LogP contribution in [0, 0.1) is 5.92 Å². The number of ether oxygens (including phenoxy) is 2. The molecule has 45 heavy (non-hydrogen) atoms. The Morgan fingerprint density at radius 1 is 0.733 bits per heavy atom. The Labute approximate surface area is 262 Å². The van der Waals surface area contributed by atoms with Crippen LogP contribution in [0.1, 0.15) is 40.0 Å². The lowest BCUT2D eigenvalue weighted by Gasteiger charge is -2.24. The Bertz CT molecular complexity index is 1800. The zero-order valence-electron chi connectivity index (χ0n) is 25.1. The molecule has 0 aliphatic carbocycles. The zero-order chi connectivity index (χ0) is 31.6. The number of hydrogen-bond acceptors (Lipinski definition) is 5. The highest BCUT2D eigenvalue weighted by molar-refractivity contribution is 5.97. The number of anilines is 1. The van der Waals surface area contributed by atoms with Gasteiger partial charge in [0.25, 0.3) is 0 Å². The van der Waals surface area contributed by atoms with Gasteiger partial charge in [-0.15, -0.1) is 0 Å². The van der Waals surface area contributed by atoms with Crippen molar-refractivity contribution < 1.29 is 23.9 Å². The van der Waals surface area contributed by atoms with Gasteiger partial charge < -0.3 is 20.1 Å². The second-order valence-electron chi connectivity index (χ2n) is 10.6. The molecule has 226 valence electrons. The molecule has 2 N–H and O–H groups in total. The van der Waals surface area contributed by atoms with Crippen LogP contribution in [0.5, 0.6) is 0 Å². The summed E-state index contributed by atoms with van der Waals surface area (Å²) in [4.78, 5) is 38.8. The minimum Gasteiger partial charge on any atom is -0.465 e. The number of fused-ring (bicyclic) bond motifs is 1. The van der Waals surface area contributed by atoms with Gasteiger partial charge in [-0.3, -0.25) is 4.79 Å². The molecule has 5 aromatic carbocycles. The second kappa shape index (κ2) is 14.7. The molecular weight excluding hydrogens is 564 g/mol.